The molecular formula is C12H13ClFN. The summed E-state index contributed by atoms with van der Waals surface area (Å²) in [7, 11) is 0. The highest BCUT2D eigenvalue weighted by Crippen LogP contribution is 2.58. The minimum absolute atomic E-state index is 0.172. The lowest BCUT2D eigenvalue weighted by Crippen LogP contribution is -2.34. The number of rotatable bonds is 1. The largest absolute Gasteiger partial charge is 0.321 e. The van der Waals surface area contributed by atoms with Crippen LogP contribution < -0.4 is 5.73 Å². The van der Waals surface area contributed by atoms with Crippen LogP contribution in [0, 0.1) is 17.7 Å². The minimum Gasteiger partial charge on any atom is -0.321 e. The van der Waals surface area contributed by atoms with Crippen LogP contribution in [0.5, 0.6) is 0 Å². The van der Waals surface area contributed by atoms with Crippen molar-refractivity contribution >= 4 is 11.6 Å². The number of benzene rings is 1. The van der Waals surface area contributed by atoms with Crippen molar-refractivity contribution in [1.29, 1.82) is 0 Å². The van der Waals surface area contributed by atoms with Gasteiger partial charge in [0, 0.05) is 5.54 Å². The maximum Gasteiger partial charge on any atom is 0.142 e. The number of fused-ring (bicyclic) bond motifs is 1. The Morgan fingerprint density at radius 3 is 2.60 bits per heavy atom. The van der Waals surface area contributed by atoms with Crippen molar-refractivity contribution in [2.24, 2.45) is 17.6 Å². The molecule has 0 saturated heterocycles. The fourth-order valence-electron chi connectivity index (χ4n) is 2.87. The van der Waals surface area contributed by atoms with Crippen molar-refractivity contribution in [2.45, 2.75) is 24.8 Å². The number of halogens is 2. The van der Waals surface area contributed by atoms with Crippen LogP contribution in [0.3, 0.4) is 0 Å². The van der Waals surface area contributed by atoms with Gasteiger partial charge in [0.2, 0.25) is 0 Å². The van der Waals surface area contributed by atoms with E-state index in [1.807, 2.05) is 6.07 Å². The lowest BCUT2D eigenvalue weighted by molar-refractivity contribution is 0.408. The highest BCUT2D eigenvalue weighted by Gasteiger charge is 2.52. The third-order valence-corrected chi connectivity index (χ3v) is 4.12. The van der Waals surface area contributed by atoms with E-state index in [0.29, 0.717) is 0 Å². The van der Waals surface area contributed by atoms with Crippen LogP contribution in [0.25, 0.3) is 0 Å². The molecule has 1 aromatic carbocycles. The van der Waals surface area contributed by atoms with E-state index in [1.54, 1.807) is 6.07 Å². The van der Waals surface area contributed by atoms with Gasteiger partial charge < -0.3 is 5.73 Å². The van der Waals surface area contributed by atoms with Crippen LogP contribution >= 0.6 is 11.6 Å². The Balaban J connectivity index is 1.95. The predicted octanol–water partition coefficient (Wildman–Crippen LogP) is 3.06. The van der Waals surface area contributed by atoms with Gasteiger partial charge in [0.05, 0.1) is 5.02 Å². The van der Waals surface area contributed by atoms with Crippen LogP contribution in [0.15, 0.2) is 18.2 Å². The van der Waals surface area contributed by atoms with Gasteiger partial charge in [-0.2, -0.15) is 0 Å². The molecule has 3 rings (SSSR count). The second-order valence-electron chi connectivity index (χ2n) is 4.95. The van der Waals surface area contributed by atoms with Gasteiger partial charge in [-0.05, 0) is 48.8 Å². The van der Waals surface area contributed by atoms with E-state index < -0.39 is 0 Å². The van der Waals surface area contributed by atoms with E-state index in [0.717, 1.165) is 30.2 Å². The van der Waals surface area contributed by atoms with Gasteiger partial charge in [-0.15, -0.1) is 0 Å². The molecule has 2 N–H and O–H groups in total. The molecule has 2 atom stereocenters. The average molecular weight is 226 g/mol. The van der Waals surface area contributed by atoms with E-state index >= 15 is 0 Å². The Morgan fingerprint density at radius 2 is 2.00 bits per heavy atom. The SMILES string of the molecule is NC1(c2ccc(Cl)c(F)c2)CC2CC2C1. The fourth-order valence-corrected chi connectivity index (χ4v) is 2.99. The zero-order valence-electron chi connectivity index (χ0n) is 8.34. The average Bonchev–Trinajstić information content (AvgIpc) is 2.80. The molecule has 0 radical (unpaired) electrons. The summed E-state index contributed by atoms with van der Waals surface area (Å²) in [6.07, 6.45) is 3.31. The summed E-state index contributed by atoms with van der Waals surface area (Å²) in [5.74, 6) is 1.21. The summed E-state index contributed by atoms with van der Waals surface area (Å²) in [5, 5.41) is 0.172. The predicted molar refractivity (Wildman–Crippen MR) is 58.1 cm³/mol. The molecule has 1 aromatic rings. The third kappa shape index (κ3) is 1.47. The molecule has 0 aliphatic heterocycles. The molecule has 0 heterocycles. The van der Waals surface area contributed by atoms with Crippen LogP contribution in [0.1, 0.15) is 24.8 Å². The van der Waals surface area contributed by atoms with E-state index in [2.05, 4.69) is 0 Å². The van der Waals surface area contributed by atoms with Gasteiger partial charge >= 0.3 is 0 Å². The van der Waals surface area contributed by atoms with Crippen molar-refractivity contribution < 1.29 is 4.39 Å². The number of nitrogens with two attached hydrogens (primary N) is 1. The Labute approximate surface area is 93.4 Å². The topological polar surface area (TPSA) is 26.0 Å². The van der Waals surface area contributed by atoms with Crippen LogP contribution in [-0.2, 0) is 5.54 Å². The molecule has 2 saturated carbocycles. The first-order chi connectivity index (χ1) is 7.08. The standard InChI is InChI=1S/C12H13ClFN/c13-10-2-1-9(4-11(10)14)12(15)5-7-3-8(7)6-12/h1-2,4,7-8H,3,5-6,15H2. The third-order valence-electron chi connectivity index (χ3n) is 3.82. The van der Waals surface area contributed by atoms with Gasteiger partial charge in [0.1, 0.15) is 5.82 Å². The van der Waals surface area contributed by atoms with Crippen molar-refractivity contribution in [1.82, 2.24) is 0 Å². The molecule has 0 aromatic heterocycles. The summed E-state index contributed by atoms with van der Waals surface area (Å²) in [4.78, 5) is 0. The van der Waals surface area contributed by atoms with Gasteiger partial charge in [-0.1, -0.05) is 17.7 Å². The molecule has 0 amide bonds. The first-order valence-corrected chi connectivity index (χ1v) is 5.71. The smallest absolute Gasteiger partial charge is 0.142 e. The number of hydrogen-bond donors (Lipinski definition) is 1. The zero-order chi connectivity index (χ0) is 10.6. The lowest BCUT2D eigenvalue weighted by atomic mass is 9.86. The highest BCUT2D eigenvalue weighted by molar-refractivity contribution is 6.30. The van der Waals surface area contributed by atoms with Crippen molar-refractivity contribution in [3.63, 3.8) is 0 Å². The Bertz CT molecular complexity index is 408. The summed E-state index contributed by atoms with van der Waals surface area (Å²) in [5.41, 5.74) is 6.90. The molecule has 3 heteroatoms. The van der Waals surface area contributed by atoms with Crippen molar-refractivity contribution in [2.75, 3.05) is 0 Å². The number of hydrogen-bond acceptors (Lipinski definition) is 1. The first-order valence-electron chi connectivity index (χ1n) is 5.33. The Morgan fingerprint density at radius 1 is 1.33 bits per heavy atom. The molecular weight excluding hydrogens is 213 g/mol. The molecule has 2 aliphatic carbocycles. The molecule has 80 valence electrons. The van der Waals surface area contributed by atoms with Gasteiger partial charge in [0.15, 0.2) is 0 Å². The Hall–Kier alpha value is -0.600. The van der Waals surface area contributed by atoms with Crippen LogP contribution in [-0.4, -0.2) is 0 Å². The second-order valence-corrected chi connectivity index (χ2v) is 5.36. The maximum absolute atomic E-state index is 13.3. The van der Waals surface area contributed by atoms with Gasteiger partial charge in [-0.25, -0.2) is 4.39 Å². The van der Waals surface area contributed by atoms with E-state index in [4.69, 9.17) is 17.3 Å². The monoisotopic (exact) mass is 225 g/mol. The quantitative estimate of drug-likeness (QED) is 0.781. The normalized spacial score (nSPS) is 37.8. The van der Waals surface area contributed by atoms with Gasteiger partial charge in [0.25, 0.3) is 0 Å². The van der Waals surface area contributed by atoms with Crippen LogP contribution in [0.2, 0.25) is 5.02 Å². The van der Waals surface area contributed by atoms with E-state index in [9.17, 15) is 4.39 Å². The molecule has 15 heavy (non-hydrogen) atoms. The van der Waals surface area contributed by atoms with Crippen LogP contribution in [0.4, 0.5) is 4.39 Å². The second kappa shape index (κ2) is 2.96. The maximum atomic E-state index is 13.3. The summed E-state index contributed by atoms with van der Waals surface area (Å²) in [6, 6.07) is 4.95. The lowest BCUT2D eigenvalue weighted by Gasteiger charge is -2.26. The summed E-state index contributed by atoms with van der Waals surface area (Å²) >= 11 is 5.65. The summed E-state index contributed by atoms with van der Waals surface area (Å²) in [6.45, 7) is 0. The van der Waals surface area contributed by atoms with Crippen molar-refractivity contribution in [3.05, 3.63) is 34.6 Å². The molecule has 1 nitrogen and oxygen atoms in total. The van der Waals surface area contributed by atoms with Gasteiger partial charge in [-0.3, -0.25) is 0 Å². The molecule has 0 spiro atoms. The highest BCUT2D eigenvalue weighted by atomic mass is 35.5. The summed E-state index contributed by atoms with van der Waals surface area (Å²) < 4.78 is 13.3. The molecule has 2 fully saturated rings. The Kier molecular flexibility index (Phi) is 1.89. The van der Waals surface area contributed by atoms with Crippen molar-refractivity contribution in [3.8, 4) is 0 Å². The molecule has 0 bridgehead atoms. The first kappa shape index (κ1) is 9.61. The molecule has 2 aliphatic rings. The fraction of sp³-hybridized carbons (Fsp3) is 0.500. The zero-order valence-corrected chi connectivity index (χ0v) is 9.10. The van der Waals surface area contributed by atoms with E-state index in [1.165, 1.54) is 12.5 Å². The minimum atomic E-state index is -0.362. The van der Waals surface area contributed by atoms with E-state index in [-0.39, 0.29) is 16.4 Å². The molecule has 2 unspecified atom stereocenters.